The molecule has 0 saturated heterocycles. The van der Waals surface area contributed by atoms with E-state index in [1.54, 1.807) is 5.56 Å². The van der Waals surface area contributed by atoms with E-state index in [2.05, 4.69) is 43.4 Å². The van der Waals surface area contributed by atoms with Crippen LogP contribution in [0.5, 0.6) is 0 Å². The first-order valence-corrected chi connectivity index (χ1v) is 8.68. The van der Waals surface area contributed by atoms with Crippen molar-refractivity contribution in [2.75, 3.05) is 6.54 Å². The lowest BCUT2D eigenvalue weighted by Crippen LogP contribution is -2.22. The van der Waals surface area contributed by atoms with Gasteiger partial charge in [0.15, 0.2) is 0 Å². The van der Waals surface area contributed by atoms with Crippen LogP contribution in [-0.4, -0.2) is 6.54 Å². The SMILES string of the molecule is CCCCCC(NCCC)c1cccc(C2CCC2)c1. The molecule has 1 fully saturated rings. The largest absolute Gasteiger partial charge is 0.310 e. The predicted octanol–water partition coefficient (Wildman–Crippen LogP) is 5.58. The minimum Gasteiger partial charge on any atom is -0.310 e. The predicted molar refractivity (Wildman–Crippen MR) is 88.2 cm³/mol. The second-order valence-electron chi connectivity index (χ2n) is 6.30. The normalized spacial score (nSPS) is 16.9. The summed E-state index contributed by atoms with van der Waals surface area (Å²) in [6, 6.07) is 9.95. The van der Waals surface area contributed by atoms with Gasteiger partial charge in [-0.2, -0.15) is 0 Å². The molecule has 20 heavy (non-hydrogen) atoms. The van der Waals surface area contributed by atoms with Gasteiger partial charge in [0.2, 0.25) is 0 Å². The van der Waals surface area contributed by atoms with E-state index in [0.29, 0.717) is 6.04 Å². The fourth-order valence-corrected chi connectivity index (χ4v) is 3.07. The minimum absolute atomic E-state index is 0.557. The Bertz CT molecular complexity index is 381. The number of unbranched alkanes of at least 4 members (excludes halogenated alkanes) is 2. The maximum Gasteiger partial charge on any atom is 0.0320 e. The number of hydrogen-bond acceptors (Lipinski definition) is 1. The van der Waals surface area contributed by atoms with Crippen molar-refractivity contribution in [1.82, 2.24) is 5.32 Å². The molecule has 1 aromatic carbocycles. The number of rotatable bonds is 9. The monoisotopic (exact) mass is 273 g/mol. The van der Waals surface area contributed by atoms with E-state index in [1.165, 1.54) is 56.9 Å². The lowest BCUT2D eigenvalue weighted by atomic mass is 9.79. The molecule has 0 spiro atoms. The highest BCUT2D eigenvalue weighted by atomic mass is 14.9. The van der Waals surface area contributed by atoms with Crippen molar-refractivity contribution in [3.8, 4) is 0 Å². The number of nitrogens with one attached hydrogen (secondary N) is 1. The van der Waals surface area contributed by atoms with E-state index in [1.807, 2.05) is 0 Å². The molecule has 0 aromatic heterocycles. The summed E-state index contributed by atoms with van der Waals surface area (Å²) in [6.45, 7) is 5.66. The molecule has 2 rings (SSSR count). The molecular formula is C19H31N. The molecule has 1 N–H and O–H groups in total. The topological polar surface area (TPSA) is 12.0 Å². The van der Waals surface area contributed by atoms with Crippen molar-refractivity contribution in [2.45, 2.75) is 77.2 Å². The van der Waals surface area contributed by atoms with Gasteiger partial charge in [-0.25, -0.2) is 0 Å². The summed E-state index contributed by atoms with van der Waals surface area (Å²) in [5.74, 6) is 0.845. The van der Waals surface area contributed by atoms with Gasteiger partial charge in [0, 0.05) is 6.04 Å². The third-order valence-electron chi connectivity index (χ3n) is 4.63. The van der Waals surface area contributed by atoms with E-state index in [9.17, 15) is 0 Å². The highest BCUT2D eigenvalue weighted by molar-refractivity contribution is 5.29. The van der Waals surface area contributed by atoms with Gasteiger partial charge in [-0.15, -0.1) is 0 Å². The van der Waals surface area contributed by atoms with Gasteiger partial charge in [0.05, 0.1) is 0 Å². The maximum absolute atomic E-state index is 3.75. The Kier molecular flexibility index (Phi) is 6.59. The molecule has 1 aliphatic rings. The van der Waals surface area contributed by atoms with Crippen LogP contribution in [0.1, 0.15) is 88.3 Å². The molecule has 0 heterocycles. The average molecular weight is 273 g/mol. The van der Waals surface area contributed by atoms with Gasteiger partial charge in [-0.1, -0.05) is 63.8 Å². The molecule has 0 aliphatic heterocycles. The fraction of sp³-hybridized carbons (Fsp3) is 0.684. The number of hydrogen-bond donors (Lipinski definition) is 1. The summed E-state index contributed by atoms with van der Waals surface area (Å²) in [5, 5.41) is 3.75. The summed E-state index contributed by atoms with van der Waals surface area (Å²) in [6.07, 6.45) is 10.7. The van der Waals surface area contributed by atoms with Crippen LogP contribution < -0.4 is 5.32 Å². The summed E-state index contributed by atoms with van der Waals surface area (Å²) >= 11 is 0. The van der Waals surface area contributed by atoms with Crippen molar-refractivity contribution in [1.29, 1.82) is 0 Å². The first kappa shape index (κ1) is 15.6. The molecule has 1 atom stereocenters. The van der Waals surface area contributed by atoms with Crippen molar-refractivity contribution >= 4 is 0 Å². The summed E-state index contributed by atoms with van der Waals surface area (Å²) in [5.41, 5.74) is 3.09. The third kappa shape index (κ3) is 4.34. The average Bonchev–Trinajstić information content (AvgIpc) is 2.41. The molecule has 112 valence electrons. The van der Waals surface area contributed by atoms with Crippen LogP contribution in [0.25, 0.3) is 0 Å². The molecule has 1 nitrogen and oxygen atoms in total. The molecule has 1 aromatic rings. The zero-order valence-corrected chi connectivity index (χ0v) is 13.3. The lowest BCUT2D eigenvalue weighted by molar-refractivity contribution is 0.418. The van der Waals surface area contributed by atoms with E-state index in [0.717, 1.165) is 12.5 Å². The smallest absolute Gasteiger partial charge is 0.0320 e. The van der Waals surface area contributed by atoms with Gasteiger partial charge < -0.3 is 5.32 Å². The highest BCUT2D eigenvalue weighted by Gasteiger charge is 2.20. The van der Waals surface area contributed by atoms with Gasteiger partial charge in [-0.05, 0) is 49.3 Å². The Morgan fingerprint density at radius 1 is 1.15 bits per heavy atom. The van der Waals surface area contributed by atoms with Crippen molar-refractivity contribution in [3.05, 3.63) is 35.4 Å². The molecule has 0 radical (unpaired) electrons. The van der Waals surface area contributed by atoms with E-state index in [4.69, 9.17) is 0 Å². The summed E-state index contributed by atoms with van der Waals surface area (Å²) < 4.78 is 0. The van der Waals surface area contributed by atoms with Crippen LogP contribution in [0.3, 0.4) is 0 Å². The first-order chi connectivity index (χ1) is 9.85. The van der Waals surface area contributed by atoms with E-state index < -0.39 is 0 Å². The lowest BCUT2D eigenvalue weighted by Gasteiger charge is -2.27. The van der Waals surface area contributed by atoms with Gasteiger partial charge in [-0.3, -0.25) is 0 Å². The van der Waals surface area contributed by atoms with Gasteiger partial charge >= 0.3 is 0 Å². The molecule has 1 saturated carbocycles. The standard InChI is InChI=1S/C19H31N/c1-3-5-6-13-19(20-14-4-2)18-12-8-11-17(15-18)16-9-7-10-16/h8,11-12,15-16,19-20H,3-7,9-10,13-14H2,1-2H3. The Labute approximate surface area is 125 Å². The van der Waals surface area contributed by atoms with Gasteiger partial charge in [0.25, 0.3) is 0 Å². The second kappa shape index (κ2) is 8.46. The molecule has 0 bridgehead atoms. The van der Waals surface area contributed by atoms with Crippen LogP contribution >= 0.6 is 0 Å². The maximum atomic E-state index is 3.75. The quantitative estimate of drug-likeness (QED) is 0.579. The van der Waals surface area contributed by atoms with Crippen LogP contribution in [0.4, 0.5) is 0 Å². The summed E-state index contributed by atoms with van der Waals surface area (Å²) in [4.78, 5) is 0. The highest BCUT2D eigenvalue weighted by Crippen LogP contribution is 2.37. The van der Waals surface area contributed by atoms with E-state index in [-0.39, 0.29) is 0 Å². The van der Waals surface area contributed by atoms with Crippen LogP contribution in [0.15, 0.2) is 24.3 Å². The second-order valence-corrected chi connectivity index (χ2v) is 6.30. The van der Waals surface area contributed by atoms with E-state index >= 15 is 0 Å². The van der Waals surface area contributed by atoms with Crippen LogP contribution in [0.2, 0.25) is 0 Å². The molecule has 1 unspecified atom stereocenters. The van der Waals surface area contributed by atoms with Crippen molar-refractivity contribution in [3.63, 3.8) is 0 Å². The van der Waals surface area contributed by atoms with Crippen molar-refractivity contribution in [2.24, 2.45) is 0 Å². The Morgan fingerprint density at radius 2 is 2.00 bits per heavy atom. The van der Waals surface area contributed by atoms with Crippen LogP contribution in [-0.2, 0) is 0 Å². The Hall–Kier alpha value is -0.820. The zero-order chi connectivity index (χ0) is 14.2. The molecule has 0 amide bonds. The fourth-order valence-electron chi connectivity index (χ4n) is 3.07. The molecular weight excluding hydrogens is 242 g/mol. The molecule has 1 heteroatoms. The Balaban J connectivity index is 2.01. The zero-order valence-electron chi connectivity index (χ0n) is 13.3. The third-order valence-corrected chi connectivity index (χ3v) is 4.63. The Morgan fingerprint density at radius 3 is 2.65 bits per heavy atom. The molecule has 1 aliphatic carbocycles. The van der Waals surface area contributed by atoms with Crippen molar-refractivity contribution < 1.29 is 0 Å². The number of benzene rings is 1. The summed E-state index contributed by atoms with van der Waals surface area (Å²) in [7, 11) is 0. The first-order valence-electron chi connectivity index (χ1n) is 8.68. The minimum atomic E-state index is 0.557. The van der Waals surface area contributed by atoms with Gasteiger partial charge in [0.1, 0.15) is 0 Å². The van der Waals surface area contributed by atoms with Crippen LogP contribution in [0, 0.1) is 0 Å².